The van der Waals surface area contributed by atoms with Crippen LogP contribution in [0.2, 0.25) is 0 Å². The molecule has 0 aromatic heterocycles. The standard InChI is InChI=1S/C19H23N3O6S/c1-13(2)10-11-20-19(23)14-4-7-16(8-5-14)29(26,27)21-17-12-15(22(24)25)6-9-18(17)28-3/h4-9,12-13,21H,10-11H2,1-3H3,(H,20,23). The van der Waals surface area contributed by atoms with Crippen LogP contribution in [0.1, 0.15) is 30.6 Å². The van der Waals surface area contributed by atoms with Gasteiger partial charge in [-0.2, -0.15) is 0 Å². The van der Waals surface area contributed by atoms with Crippen molar-refractivity contribution in [3.63, 3.8) is 0 Å². The molecule has 2 N–H and O–H groups in total. The number of sulfonamides is 1. The summed E-state index contributed by atoms with van der Waals surface area (Å²) in [6, 6.07) is 9.00. The summed E-state index contributed by atoms with van der Waals surface area (Å²) >= 11 is 0. The van der Waals surface area contributed by atoms with E-state index in [9.17, 15) is 23.3 Å². The van der Waals surface area contributed by atoms with Crippen molar-refractivity contribution in [1.29, 1.82) is 0 Å². The van der Waals surface area contributed by atoms with Crippen LogP contribution in [0.4, 0.5) is 11.4 Å². The van der Waals surface area contributed by atoms with E-state index < -0.39 is 14.9 Å². The second-order valence-electron chi connectivity index (χ2n) is 6.71. The molecule has 9 nitrogen and oxygen atoms in total. The molecule has 2 aromatic rings. The van der Waals surface area contributed by atoms with Gasteiger partial charge >= 0.3 is 0 Å². The fourth-order valence-corrected chi connectivity index (χ4v) is 3.52. The predicted molar refractivity (Wildman–Crippen MR) is 109 cm³/mol. The largest absolute Gasteiger partial charge is 0.495 e. The Kier molecular flexibility index (Phi) is 7.16. The number of methoxy groups -OCH3 is 1. The highest BCUT2D eigenvalue weighted by Gasteiger charge is 2.19. The van der Waals surface area contributed by atoms with E-state index in [0.717, 1.165) is 12.5 Å². The Morgan fingerprint density at radius 2 is 1.83 bits per heavy atom. The van der Waals surface area contributed by atoms with Crippen molar-refractivity contribution in [2.45, 2.75) is 25.2 Å². The zero-order valence-electron chi connectivity index (χ0n) is 16.3. The summed E-state index contributed by atoms with van der Waals surface area (Å²) in [4.78, 5) is 22.3. The van der Waals surface area contributed by atoms with Crippen molar-refractivity contribution < 1.29 is 22.9 Å². The summed E-state index contributed by atoms with van der Waals surface area (Å²) in [7, 11) is -2.72. The molecule has 0 bridgehead atoms. The molecule has 0 aliphatic heterocycles. The minimum atomic E-state index is -4.04. The quantitative estimate of drug-likeness (QED) is 0.473. The molecule has 0 fully saturated rings. The lowest BCUT2D eigenvalue weighted by Crippen LogP contribution is -2.25. The lowest BCUT2D eigenvalue weighted by Gasteiger charge is -2.12. The third-order valence-electron chi connectivity index (χ3n) is 4.07. The maximum Gasteiger partial charge on any atom is 0.271 e. The number of nitrogens with zero attached hydrogens (tertiary/aromatic N) is 1. The molecular weight excluding hydrogens is 398 g/mol. The lowest BCUT2D eigenvalue weighted by molar-refractivity contribution is -0.384. The number of carbonyl (C=O) groups is 1. The zero-order valence-corrected chi connectivity index (χ0v) is 17.2. The van der Waals surface area contributed by atoms with Gasteiger partial charge in [-0.05, 0) is 42.7 Å². The molecule has 0 heterocycles. The summed E-state index contributed by atoms with van der Waals surface area (Å²) < 4.78 is 32.6. The van der Waals surface area contributed by atoms with Crippen LogP contribution in [-0.4, -0.2) is 32.9 Å². The highest BCUT2D eigenvalue weighted by atomic mass is 32.2. The van der Waals surface area contributed by atoms with Gasteiger partial charge in [-0.3, -0.25) is 19.6 Å². The fraction of sp³-hybridized carbons (Fsp3) is 0.316. The molecule has 0 radical (unpaired) electrons. The van der Waals surface area contributed by atoms with E-state index in [4.69, 9.17) is 4.74 Å². The Morgan fingerprint density at radius 1 is 1.17 bits per heavy atom. The zero-order chi connectivity index (χ0) is 21.6. The first-order chi connectivity index (χ1) is 13.6. The van der Waals surface area contributed by atoms with E-state index in [-0.39, 0.29) is 27.9 Å². The topological polar surface area (TPSA) is 128 Å². The average molecular weight is 421 g/mol. The smallest absolute Gasteiger partial charge is 0.271 e. The first-order valence-corrected chi connectivity index (χ1v) is 10.4. The third kappa shape index (κ3) is 5.92. The summed E-state index contributed by atoms with van der Waals surface area (Å²) in [5, 5.41) is 13.7. The molecule has 156 valence electrons. The summed E-state index contributed by atoms with van der Waals surface area (Å²) in [5.41, 5.74) is -0.00485. The van der Waals surface area contributed by atoms with Crippen LogP contribution in [0.5, 0.6) is 5.75 Å². The molecule has 2 aromatic carbocycles. The van der Waals surface area contributed by atoms with Crippen molar-refractivity contribution in [3.05, 3.63) is 58.1 Å². The van der Waals surface area contributed by atoms with Crippen LogP contribution >= 0.6 is 0 Å². The van der Waals surface area contributed by atoms with Crippen LogP contribution < -0.4 is 14.8 Å². The Labute approximate surface area is 169 Å². The summed E-state index contributed by atoms with van der Waals surface area (Å²) in [6.07, 6.45) is 0.840. The average Bonchev–Trinajstić information content (AvgIpc) is 2.67. The minimum Gasteiger partial charge on any atom is -0.495 e. The highest BCUT2D eigenvalue weighted by Crippen LogP contribution is 2.30. The highest BCUT2D eigenvalue weighted by molar-refractivity contribution is 7.92. The molecule has 0 atom stereocenters. The van der Waals surface area contributed by atoms with E-state index >= 15 is 0 Å². The van der Waals surface area contributed by atoms with Crippen LogP contribution in [-0.2, 0) is 10.0 Å². The lowest BCUT2D eigenvalue weighted by atomic mass is 10.1. The molecule has 0 unspecified atom stereocenters. The van der Waals surface area contributed by atoms with Gasteiger partial charge in [0.2, 0.25) is 0 Å². The van der Waals surface area contributed by atoms with Crippen molar-refractivity contribution in [1.82, 2.24) is 5.32 Å². The minimum absolute atomic E-state index is 0.0581. The Morgan fingerprint density at radius 3 is 2.38 bits per heavy atom. The number of anilines is 1. The number of hydrogen-bond donors (Lipinski definition) is 2. The van der Waals surface area contributed by atoms with Crippen molar-refractivity contribution in [3.8, 4) is 5.75 Å². The molecule has 0 aliphatic rings. The number of nitro benzene ring substituents is 1. The van der Waals surface area contributed by atoms with Gasteiger partial charge in [-0.25, -0.2) is 8.42 Å². The normalized spacial score (nSPS) is 11.2. The second kappa shape index (κ2) is 9.37. The van der Waals surface area contributed by atoms with Crippen LogP contribution in [0, 0.1) is 16.0 Å². The molecule has 0 saturated carbocycles. The van der Waals surface area contributed by atoms with Crippen molar-refractivity contribution in [2.75, 3.05) is 18.4 Å². The van der Waals surface area contributed by atoms with E-state index in [1.807, 2.05) is 0 Å². The van der Waals surface area contributed by atoms with Gasteiger partial charge in [-0.15, -0.1) is 0 Å². The van der Waals surface area contributed by atoms with Gasteiger partial charge in [0.1, 0.15) is 5.75 Å². The van der Waals surface area contributed by atoms with Gasteiger partial charge in [0.25, 0.3) is 21.6 Å². The van der Waals surface area contributed by atoms with Gasteiger partial charge in [0.05, 0.1) is 22.6 Å². The molecule has 0 aliphatic carbocycles. The molecule has 0 spiro atoms. The van der Waals surface area contributed by atoms with Crippen molar-refractivity contribution in [2.24, 2.45) is 5.92 Å². The molecule has 1 amide bonds. The molecule has 2 rings (SSSR count). The van der Waals surface area contributed by atoms with E-state index in [1.54, 1.807) is 0 Å². The Hall–Kier alpha value is -3.14. The van der Waals surface area contributed by atoms with E-state index in [1.165, 1.54) is 43.5 Å². The second-order valence-corrected chi connectivity index (χ2v) is 8.39. The fourth-order valence-electron chi connectivity index (χ4n) is 2.45. The monoisotopic (exact) mass is 421 g/mol. The number of carbonyl (C=O) groups excluding carboxylic acids is 1. The van der Waals surface area contributed by atoms with Gasteiger partial charge in [0, 0.05) is 24.2 Å². The van der Waals surface area contributed by atoms with Crippen LogP contribution in [0.15, 0.2) is 47.4 Å². The summed E-state index contributed by atoms with van der Waals surface area (Å²) in [5.74, 6) is 0.308. The van der Waals surface area contributed by atoms with Gasteiger partial charge in [-0.1, -0.05) is 13.8 Å². The number of hydrogen-bond acceptors (Lipinski definition) is 6. The van der Waals surface area contributed by atoms with Crippen molar-refractivity contribution >= 4 is 27.3 Å². The SMILES string of the molecule is COc1ccc([N+](=O)[O-])cc1NS(=O)(=O)c1ccc(C(=O)NCCC(C)C)cc1. The third-order valence-corrected chi connectivity index (χ3v) is 5.45. The van der Waals surface area contributed by atoms with E-state index in [0.29, 0.717) is 18.0 Å². The van der Waals surface area contributed by atoms with E-state index in [2.05, 4.69) is 23.9 Å². The number of benzene rings is 2. The summed E-state index contributed by atoms with van der Waals surface area (Å²) in [6.45, 7) is 4.63. The molecule has 29 heavy (non-hydrogen) atoms. The number of non-ortho nitro benzene ring substituents is 1. The first kappa shape index (κ1) is 22.2. The first-order valence-electron chi connectivity index (χ1n) is 8.87. The maximum atomic E-state index is 12.6. The van der Waals surface area contributed by atoms with Crippen LogP contribution in [0.3, 0.4) is 0 Å². The molecule has 0 saturated heterocycles. The molecule has 10 heteroatoms. The van der Waals surface area contributed by atoms with Crippen LogP contribution in [0.25, 0.3) is 0 Å². The predicted octanol–water partition coefficient (Wildman–Crippen LogP) is 3.18. The van der Waals surface area contributed by atoms with Gasteiger partial charge in [0.15, 0.2) is 0 Å². The number of ether oxygens (including phenoxy) is 1. The number of nitrogens with one attached hydrogen (secondary N) is 2. The van der Waals surface area contributed by atoms with Gasteiger partial charge < -0.3 is 10.1 Å². The Bertz CT molecular complexity index is 988. The Balaban J connectivity index is 2.19. The number of amides is 1. The number of rotatable bonds is 9. The molecular formula is C19H23N3O6S. The number of nitro groups is 1. The maximum absolute atomic E-state index is 12.6.